The van der Waals surface area contributed by atoms with Crippen LogP contribution in [0.5, 0.6) is 0 Å². The minimum atomic E-state index is 0.0818. The number of hydrogen-bond acceptors (Lipinski definition) is 1. The highest BCUT2D eigenvalue weighted by atomic mass is 16.1. The Balaban J connectivity index is 2.46. The number of fused-ring (bicyclic) bond motifs is 1. The topological polar surface area (TPSA) is 17.1 Å². The van der Waals surface area contributed by atoms with Crippen molar-refractivity contribution in [1.29, 1.82) is 0 Å². The molecule has 0 aromatic heterocycles. The van der Waals surface area contributed by atoms with Gasteiger partial charge in [-0.2, -0.15) is 0 Å². The molecule has 86 valence electrons. The van der Waals surface area contributed by atoms with Crippen LogP contribution in [0, 0.1) is 10.8 Å². The Morgan fingerprint density at radius 1 is 1.12 bits per heavy atom. The molecule has 0 N–H and O–H groups in total. The van der Waals surface area contributed by atoms with E-state index in [1.165, 1.54) is 5.56 Å². The van der Waals surface area contributed by atoms with Gasteiger partial charge in [0.15, 0.2) is 5.78 Å². The van der Waals surface area contributed by atoms with Crippen LogP contribution in [0.15, 0.2) is 24.3 Å². The van der Waals surface area contributed by atoms with E-state index in [0.717, 1.165) is 12.0 Å². The van der Waals surface area contributed by atoms with Crippen LogP contribution in [-0.4, -0.2) is 5.78 Å². The first kappa shape index (κ1) is 11.4. The first-order chi connectivity index (χ1) is 7.33. The lowest BCUT2D eigenvalue weighted by Gasteiger charge is -2.44. The summed E-state index contributed by atoms with van der Waals surface area (Å²) >= 11 is 0. The Labute approximate surface area is 97.9 Å². The number of hydrogen-bond donors (Lipinski definition) is 0. The minimum absolute atomic E-state index is 0.0818. The second-order valence-corrected chi connectivity index (χ2v) is 6.24. The third-order valence-electron chi connectivity index (χ3n) is 4.26. The van der Waals surface area contributed by atoms with Gasteiger partial charge in [-0.25, -0.2) is 0 Å². The fourth-order valence-corrected chi connectivity index (χ4v) is 2.41. The van der Waals surface area contributed by atoms with E-state index in [-0.39, 0.29) is 10.8 Å². The third kappa shape index (κ3) is 1.68. The highest BCUT2D eigenvalue weighted by molar-refractivity contribution is 5.99. The standard InChI is InChI=1S/C15H20O/c1-14(2,3)15(4)9-11-7-5-6-8-12(11)13(16)10-15/h5-8H,9-10H2,1-4H3. The molecule has 16 heavy (non-hydrogen) atoms. The zero-order chi connectivity index (χ0) is 12.0. The van der Waals surface area contributed by atoms with E-state index < -0.39 is 0 Å². The van der Waals surface area contributed by atoms with Gasteiger partial charge >= 0.3 is 0 Å². The van der Waals surface area contributed by atoms with Crippen molar-refractivity contribution < 1.29 is 4.79 Å². The molecule has 1 heteroatoms. The molecule has 0 bridgehead atoms. The SMILES string of the molecule is CC(C)(C)C1(C)CC(=O)c2ccccc2C1. The van der Waals surface area contributed by atoms with Crippen LogP contribution in [0.1, 0.15) is 50.0 Å². The summed E-state index contributed by atoms with van der Waals surface area (Å²) in [5.74, 6) is 0.305. The summed E-state index contributed by atoms with van der Waals surface area (Å²) < 4.78 is 0. The van der Waals surface area contributed by atoms with Crippen molar-refractivity contribution in [2.75, 3.05) is 0 Å². The van der Waals surface area contributed by atoms with E-state index in [1.54, 1.807) is 0 Å². The van der Waals surface area contributed by atoms with Crippen molar-refractivity contribution in [1.82, 2.24) is 0 Å². The highest BCUT2D eigenvalue weighted by Gasteiger charge is 2.42. The zero-order valence-electron chi connectivity index (χ0n) is 10.6. The van der Waals surface area contributed by atoms with Gasteiger partial charge in [-0.3, -0.25) is 4.79 Å². The van der Waals surface area contributed by atoms with Crippen molar-refractivity contribution in [3.63, 3.8) is 0 Å². The molecular formula is C15H20O. The second kappa shape index (κ2) is 3.44. The first-order valence-corrected chi connectivity index (χ1v) is 5.95. The largest absolute Gasteiger partial charge is 0.294 e. The number of carbonyl (C=O) groups is 1. The van der Waals surface area contributed by atoms with E-state index >= 15 is 0 Å². The van der Waals surface area contributed by atoms with E-state index in [9.17, 15) is 4.79 Å². The van der Waals surface area contributed by atoms with Crippen LogP contribution in [0.2, 0.25) is 0 Å². The van der Waals surface area contributed by atoms with Crippen molar-refractivity contribution in [2.45, 2.75) is 40.5 Å². The minimum Gasteiger partial charge on any atom is -0.294 e. The Morgan fingerprint density at radius 3 is 2.38 bits per heavy atom. The van der Waals surface area contributed by atoms with Crippen LogP contribution in [0.3, 0.4) is 0 Å². The zero-order valence-corrected chi connectivity index (χ0v) is 10.6. The van der Waals surface area contributed by atoms with Crippen LogP contribution in [0.4, 0.5) is 0 Å². The molecule has 0 heterocycles. The number of rotatable bonds is 0. The van der Waals surface area contributed by atoms with Gasteiger partial charge in [0.1, 0.15) is 0 Å². The molecule has 0 saturated heterocycles. The molecule has 1 aromatic carbocycles. The summed E-state index contributed by atoms with van der Waals surface area (Å²) in [5, 5.41) is 0. The molecule has 1 atom stereocenters. The molecule has 2 rings (SSSR count). The molecule has 1 nitrogen and oxygen atoms in total. The van der Waals surface area contributed by atoms with Crippen molar-refractivity contribution in [3.8, 4) is 0 Å². The second-order valence-electron chi connectivity index (χ2n) is 6.24. The molecule has 0 radical (unpaired) electrons. The summed E-state index contributed by atoms with van der Waals surface area (Å²) in [6.45, 7) is 8.93. The fourth-order valence-electron chi connectivity index (χ4n) is 2.41. The predicted octanol–water partition coefficient (Wildman–Crippen LogP) is 3.87. The van der Waals surface area contributed by atoms with Crippen LogP contribution in [-0.2, 0) is 6.42 Å². The molecule has 1 aliphatic carbocycles. The predicted molar refractivity (Wildman–Crippen MR) is 66.7 cm³/mol. The molecule has 1 aliphatic rings. The normalized spacial score (nSPS) is 25.4. The monoisotopic (exact) mass is 216 g/mol. The molecule has 1 unspecified atom stereocenters. The summed E-state index contributed by atoms with van der Waals surface area (Å²) in [5.41, 5.74) is 2.40. The van der Waals surface area contributed by atoms with E-state index in [4.69, 9.17) is 0 Å². The molecule has 0 amide bonds. The average molecular weight is 216 g/mol. The molecular weight excluding hydrogens is 196 g/mol. The highest BCUT2D eigenvalue weighted by Crippen LogP contribution is 2.47. The van der Waals surface area contributed by atoms with Crippen molar-refractivity contribution in [2.24, 2.45) is 10.8 Å². The summed E-state index contributed by atoms with van der Waals surface area (Å²) in [6.07, 6.45) is 1.69. The Morgan fingerprint density at radius 2 is 1.75 bits per heavy atom. The van der Waals surface area contributed by atoms with Crippen LogP contribution >= 0.6 is 0 Å². The van der Waals surface area contributed by atoms with Gasteiger partial charge in [-0.05, 0) is 22.8 Å². The maximum absolute atomic E-state index is 12.1. The number of ketones is 1. The summed E-state index contributed by atoms with van der Waals surface area (Å²) in [6, 6.07) is 8.04. The molecule has 0 spiro atoms. The molecule has 1 aromatic rings. The van der Waals surface area contributed by atoms with E-state index in [2.05, 4.69) is 33.8 Å². The van der Waals surface area contributed by atoms with Gasteiger partial charge in [0.25, 0.3) is 0 Å². The summed E-state index contributed by atoms with van der Waals surface area (Å²) in [4.78, 5) is 12.1. The average Bonchev–Trinajstić information content (AvgIpc) is 2.15. The maximum Gasteiger partial charge on any atom is 0.163 e. The maximum atomic E-state index is 12.1. The molecule has 0 aliphatic heterocycles. The lowest BCUT2D eigenvalue weighted by atomic mass is 9.59. The van der Waals surface area contributed by atoms with Gasteiger partial charge in [-0.15, -0.1) is 0 Å². The number of benzene rings is 1. The van der Waals surface area contributed by atoms with Gasteiger partial charge in [0.05, 0.1) is 0 Å². The van der Waals surface area contributed by atoms with Gasteiger partial charge in [0.2, 0.25) is 0 Å². The van der Waals surface area contributed by atoms with Gasteiger partial charge in [0, 0.05) is 12.0 Å². The Hall–Kier alpha value is -1.11. The number of Topliss-reactive ketones (excluding diaryl/α,β-unsaturated/α-hetero) is 1. The van der Waals surface area contributed by atoms with Crippen LogP contribution < -0.4 is 0 Å². The third-order valence-corrected chi connectivity index (χ3v) is 4.26. The molecule has 0 fully saturated rings. The van der Waals surface area contributed by atoms with Gasteiger partial charge < -0.3 is 0 Å². The van der Waals surface area contributed by atoms with Crippen LogP contribution in [0.25, 0.3) is 0 Å². The Bertz CT molecular complexity index is 425. The van der Waals surface area contributed by atoms with Crippen molar-refractivity contribution >= 4 is 5.78 Å². The Kier molecular flexibility index (Phi) is 2.45. The fraction of sp³-hybridized carbons (Fsp3) is 0.533. The van der Waals surface area contributed by atoms with Crippen molar-refractivity contribution in [3.05, 3.63) is 35.4 Å². The molecule has 0 saturated carbocycles. The van der Waals surface area contributed by atoms with E-state index in [1.807, 2.05) is 18.2 Å². The lowest BCUT2D eigenvalue weighted by molar-refractivity contribution is 0.0641. The first-order valence-electron chi connectivity index (χ1n) is 5.95. The smallest absolute Gasteiger partial charge is 0.163 e. The van der Waals surface area contributed by atoms with Gasteiger partial charge in [-0.1, -0.05) is 52.0 Å². The van der Waals surface area contributed by atoms with E-state index in [0.29, 0.717) is 12.2 Å². The summed E-state index contributed by atoms with van der Waals surface area (Å²) in [7, 11) is 0. The number of carbonyl (C=O) groups excluding carboxylic acids is 1. The lowest BCUT2D eigenvalue weighted by Crippen LogP contribution is -2.40. The quantitative estimate of drug-likeness (QED) is 0.643.